The minimum atomic E-state index is 0.316. The summed E-state index contributed by atoms with van der Waals surface area (Å²) in [5.74, 6) is 0.316. The van der Waals surface area contributed by atoms with Gasteiger partial charge in [-0.25, -0.2) is 0 Å². The van der Waals surface area contributed by atoms with Gasteiger partial charge in [0.05, 0.1) is 0 Å². The summed E-state index contributed by atoms with van der Waals surface area (Å²) >= 11 is 2.35. The number of benzene rings is 3. The highest BCUT2D eigenvalue weighted by Gasteiger charge is 2.07. The van der Waals surface area contributed by atoms with Crippen molar-refractivity contribution in [3.05, 3.63) is 76.4 Å². The largest absolute Gasteiger partial charge is 0.507 e. The van der Waals surface area contributed by atoms with Crippen LogP contribution in [0.25, 0.3) is 22.3 Å². The fourth-order valence-electron chi connectivity index (χ4n) is 2.25. The van der Waals surface area contributed by atoms with Crippen molar-refractivity contribution in [1.29, 1.82) is 0 Å². The van der Waals surface area contributed by atoms with E-state index in [-0.39, 0.29) is 0 Å². The van der Waals surface area contributed by atoms with Gasteiger partial charge in [-0.1, -0.05) is 60.7 Å². The average Bonchev–Trinajstić information content (AvgIpc) is 2.48. The Labute approximate surface area is 132 Å². The molecule has 0 aliphatic carbocycles. The molecule has 0 radical (unpaired) electrons. The maximum atomic E-state index is 9.94. The van der Waals surface area contributed by atoms with E-state index in [9.17, 15) is 5.11 Å². The quantitative estimate of drug-likeness (QED) is 0.603. The molecule has 3 aromatic carbocycles. The van der Waals surface area contributed by atoms with E-state index in [1.165, 1.54) is 14.7 Å². The van der Waals surface area contributed by atoms with Gasteiger partial charge in [-0.3, -0.25) is 0 Å². The predicted octanol–water partition coefficient (Wildman–Crippen LogP) is 5.33. The maximum absolute atomic E-state index is 9.94. The predicted molar refractivity (Wildman–Crippen MR) is 91.7 cm³/mol. The summed E-state index contributed by atoms with van der Waals surface area (Å²) in [6, 6.07) is 24.0. The Morgan fingerprint density at radius 1 is 0.650 bits per heavy atom. The Kier molecular flexibility index (Phi) is 3.74. The molecule has 20 heavy (non-hydrogen) atoms. The highest BCUT2D eigenvalue weighted by atomic mass is 127. The Morgan fingerprint density at radius 2 is 1.35 bits per heavy atom. The number of para-hydroxylation sites is 1. The first kappa shape index (κ1) is 13.2. The van der Waals surface area contributed by atoms with Crippen molar-refractivity contribution in [3.8, 4) is 28.0 Å². The summed E-state index contributed by atoms with van der Waals surface area (Å²) in [7, 11) is 0. The number of phenolic OH excluding ortho intramolecular Hbond substituents is 1. The van der Waals surface area contributed by atoms with Gasteiger partial charge in [0, 0.05) is 9.13 Å². The smallest absolute Gasteiger partial charge is 0.123 e. The number of hydrogen-bond acceptors (Lipinski definition) is 1. The summed E-state index contributed by atoms with van der Waals surface area (Å²) in [4.78, 5) is 0. The molecule has 0 spiro atoms. The third kappa shape index (κ3) is 2.56. The van der Waals surface area contributed by atoms with Gasteiger partial charge in [-0.15, -0.1) is 0 Å². The van der Waals surface area contributed by atoms with E-state index < -0.39 is 0 Å². The van der Waals surface area contributed by atoms with E-state index in [4.69, 9.17) is 0 Å². The molecule has 0 heterocycles. The van der Waals surface area contributed by atoms with E-state index >= 15 is 0 Å². The first-order valence-corrected chi connectivity index (χ1v) is 7.47. The first-order chi connectivity index (χ1) is 9.75. The van der Waals surface area contributed by atoms with E-state index in [0.717, 1.165) is 11.1 Å². The Morgan fingerprint density at radius 3 is 2.05 bits per heavy atom. The molecule has 0 fully saturated rings. The standard InChI is InChI=1S/C18H13IO/c19-17-12-14(16-8-4-5-9-18(16)20)10-11-15(17)13-6-2-1-3-7-13/h1-12,20H. The second kappa shape index (κ2) is 5.67. The molecule has 98 valence electrons. The molecule has 0 atom stereocenters. The number of halogens is 1. The molecule has 0 aromatic heterocycles. The zero-order chi connectivity index (χ0) is 13.9. The topological polar surface area (TPSA) is 20.2 Å². The summed E-state index contributed by atoms with van der Waals surface area (Å²) in [6.45, 7) is 0. The summed E-state index contributed by atoms with van der Waals surface area (Å²) < 4.78 is 1.18. The van der Waals surface area contributed by atoms with Crippen LogP contribution >= 0.6 is 22.6 Å². The molecule has 0 amide bonds. The number of hydrogen-bond donors (Lipinski definition) is 1. The van der Waals surface area contributed by atoms with Crippen molar-refractivity contribution < 1.29 is 5.11 Å². The summed E-state index contributed by atoms with van der Waals surface area (Å²) in [5, 5.41) is 9.94. The van der Waals surface area contributed by atoms with Crippen LogP contribution in [0.3, 0.4) is 0 Å². The molecule has 1 N–H and O–H groups in total. The van der Waals surface area contributed by atoms with Crippen molar-refractivity contribution in [3.63, 3.8) is 0 Å². The molecule has 0 bridgehead atoms. The van der Waals surface area contributed by atoms with Crippen LogP contribution in [0, 0.1) is 3.57 Å². The fourth-order valence-corrected chi connectivity index (χ4v) is 3.08. The molecule has 2 heteroatoms. The second-order valence-corrected chi connectivity index (χ2v) is 5.74. The number of rotatable bonds is 2. The third-order valence-electron chi connectivity index (χ3n) is 3.27. The zero-order valence-electron chi connectivity index (χ0n) is 10.8. The molecular weight excluding hydrogens is 359 g/mol. The van der Waals surface area contributed by atoms with Gasteiger partial charge in [0.2, 0.25) is 0 Å². The van der Waals surface area contributed by atoms with Crippen molar-refractivity contribution >= 4 is 22.6 Å². The van der Waals surface area contributed by atoms with Crippen molar-refractivity contribution in [2.24, 2.45) is 0 Å². The zero-order valence-corrected chi connectivity index (χ0v) is 12.9. The van der Waals surface area contributed by atoms with Gasteiger partial charge in [0.25, 0.3) is 0 Å². The van der Waals surface area contributed by atoms with Crippen LogP contribution in [-0.2, 0) is 0 Å². The monoisotopic (exact) mass is 372 g/mol. The van der Waals surface area contributed by atoms with Crippen LogP contribution in [0.1, 0.15) is 0 Å². The minimum Gasteiger partial charge on any atom is -0.507 e. The lowest BCUT2D eigenvalue weighted by Gasteiger charge is -2.09. The molecule has 1 nitrogen and oxygen atoms in total. The van der Waals surface area contributed by atoms with Crippen molar-refractivity contribution in [2.75, 3.05) is 0 Å². The van der Waals surface area contributed by atoms with Crippen LogP contribution < -0.4 is 0 Å². The van der Waals surface area contributed by atoms with Gasteiger partial charge in [0.1, 0.15) is 5.75 Å². The lowest BCUT2D eigenvalue weighted by atomic mass is 10.00. The molecule has 0 unspecified atom stereocenters. The van der Waals surface area contributed by atoms with Gasteiger partial charge >= 0.3 is 0 Å². The van der Waals surface area contributed by atoms with Crippen LogP contribution in [0.15, 0.2) is 72.8 Å². The number of aromatic hydroxyl groups is 1. The molecule has 0 saturated carbocycles. The molecule has 0 aliphatic rings. The third-order valence-corrected chi connectivity index (χ3v) is 4.16. The lowest BCUT2D eigenvalue weighted by molar-refractivity contribution is 0.477. The minimum absolute atomic E-state index is 0.316. The van der Waals surface area contributed by atoms with E-state index in [1.807, 2.05) is 36.4 Å². The van der Waals surface area contributed by atoms with Gasteiger partial charge in [0.15, 0.2) is 0 Å². The number of phenols is 1. The molecule has 0 saturated heterocycles. The molecular formula is C18H13IO. The van der Waals surface area contributed by atoms with E-state index in [1.54, 1.807) is 6.07 Å². The fraction of sp³-hybridized carbons (Fsp3) is 0. The van der Waals surface area contributed by atoms with E-state index in [2.05, 4.69) is 52.9 Å². The highest BCUT2D eigenvalue weighted by Crippen LogP contribution is 2.33. The SMILES string of the molecule is Oc1ccccc1-c1ccc(-c2ccccc2)c(I)c1. The summed E-state index contributed by atoms with van der Waals surface area (Å²) in [6.07, 6.45) is 0. The second-order valence-electron chi connectivity index (χ2n) is 4.58. The van der Waals surface area contributed by atoms with E-state index in [0.29, 0.717) is 5.75 Å². The van der Waals surface area contributed by atoms with Crippen LogP contribution in [0.4, 0.5) is 0 Å². The Hall–Kier alpha value is -1.81. The van der Waals surface area contributed by atoms with Crippen LogP contribution in [0.2, 0.25) is 0 Å². The lowest BCUT2D eigenvalue weighted by Crippen LogP contribution is -1.85. The first-order valence-electron chi connectivity index (χ1n) is 6.39. The van der Waals surface area contributed by atoms with Gasteiger partial charge in [-0.2, -0.15) is 0 Å². The Bertz CT molecular complexity index is 735. The van der Waals surface area contributed by atoms with Gasteiger partial charge in [-0.05, 0) is 51.4 Å². The highest BCUT2D eigenvalue weighted by molar-refractivity contribution is 14.1. The summed E-state index contributed by atoms with van der Waals surface area (Å²) in [5.41, 5.74) is 4.32. The molecule has 0 aliphatic heterocycles. The molecule has 3 aromatic rings. The van der Waals surface area contributed by atoms with Crippen molar-refractivity contribution in [2.45, 2.75) is 0 Å². The van der Waals surface area contributed by atoms with Crippen LogP contribution in [0.5, 0.6) is 5.75 Å². The maximum Gasteiger partial charge on any atom is 0.123 e. The van der Waals surface area contributed by atoms with Crippen molar-refractivity contribution in [1.82, 2.24) is 0 Å². The normalized spacial score (nSPS) is 10.4. The average molecular weight is 372 g/mol. The van der Waals surface area contributed by atoms with Crippen LogP contribution in [-0.4, -0.2) is 5.11 Å². The van der Waals surface area contributed by atoms with Gasteiger partial charge < -0.3 is 5.11 Å². The Balaban J connectivity index is 2.07. The molecule has 3 rings (SSSR count).